The molecule has 0 amide bonds. The number of rotatable bonds is 1. The molecule has 0 saturated carbocycles. The SMILES string of the molecule is C#CC.C=C(C)CC.CC.Cc1c[nH]c2ccccc12. The quantitative estimate of drug-likeness (QED) is 0.475. The summed E-state index contributed by atoms with van der Waals surface area (Å²) in [6.07, 6.45) is 7.74. The van der Waals surface area contributed by atoms with Crippen LogP contribution in [0.3, 0.4) is 0 Å². The number of aromatic nitrogens is 1. The van der Waals surface area contributed by atoms with Gasteiger partial charge in [0.1, 0.15) is 0 Å². The molecule has 20 heavy (non-hydrogen) atoms. The van der Waals surface area contributed by atoms with Crippen molar-refractivity contribution in [2.75, 3.05) is 0 Å². The highest BCUT2D eigenvalue weighted by atomic mass is 14.7. The summed E-state index contributed by atoms with van der Waals surface area (Å²) in [6, 6.07) is 8.31. The van der Waals surface area contributed by atoms with Crippen LogP contribution < -0.4 is 0 Å². The lowest BCUT2D eigenvalue weighted by Gasteiger charge is -1.86. The average molecular weight is 271 g/mol. The number of benzene rings is 1. The Balaban J connectivity index is 0. The van der Waals surface area contributed by atoms with Crippen molar-refractivity contribution in [3.05, 3.63) is 48.2 Å². The first-order chi connectivity index (χ1) is 9.56. The van der Waals surface area contributed by atoms with Crippen molar-refractivity contribution < 1.29 is 0 Å². The predicted octanol–water partition coefficient (Wildman–Crippen LogP) is 6.11. The second-order valence-electron chi connectivity index (χ2n) is 4.12. The van der Waals surface area contributed by atoms with Gasteiger partial charge in [0.25, 0.3) is 0 Å². The van der Waals surface area contributed by atoms with Gasteiger partial charge in [0.2, 0.25) is 0 Å². The molecular formula is C19H29N. The molecule has 0 radical (unpaired) electrons. The van der Waals surface area contributed by atoms with Crippen molar-refractivity contribution >= 4 is 10.9 Å². The van der Waals surface area contributed by atoms with Gasteiger partial charge in [-0.15, -0.1) is 18.9 Å². The summed E-state index contributed by atoms with van der Waals surface area (Å²) in [7, 11) is 0. The Bertz CT molecular complexity index is 512. The van der Waals surface area contributed by atoms with E-state index in [0.717, 1.165) is 6.42 Å². The van der Waals surface area contributed by atoms with E-state index in [4.69, 9.17) is 0 Å². The monoisotopic (exact) mass is 271 g/mol. The lowest BCUT2D eigenvalue weighted by molar-refractivity contribution is 1.11. The van der Waals surface area contributed by atoms with Crippen LogP contribution >= 0.6 is 0 Å². The molecule has 1 heteroatoms. The van der Waals surface area contributed by atoms with Crippen LogP contribution in [0.4, 0.5) is 0 Å². The highest BCUT2D eigenvalue weighted by Gasteiger charge is 1.94. The van der Waals surface area contributed by atoms with E-state index in [0.29, 0.717) is 0 Å². The summed E-state index contributed by atoms with van der Waals surface area (Å²) in [5.74, 6) is 2.25. The zero-order valence-corrected chi connectivity index (χ0v) is 13.9. The Hall–Kier alpha value is -1.94. The second kappa shape index (κ2) is 13.5. The maximum absolute atomic E-state index is 4.60. The molecule has 2 aromatic rings. The highest BCUT2D eigenvalue weighted by molar-refractivity contribution is 5.82. The summed E-state index contributed by atoms with van der Waals surface area (Å²) in [5, 5.41) is 1.32. The first-order valence-corrected chi connectivity index (χ1v) is 7.11. The summed E-state index contributed by atoms with van der Waals surface area (Å²) in [6.45, 7) is 15.6. The number of nitrogens with one attached hydrogen (secondary N) is 1. The molecule has 2 rings (SSSR count). The molecule has 0 atom stereocenters. The maximum Gasteiger partial charge on any atom is 0.0456 e. The van der Waals surface area contributed by atoms with Gasteiger partial charge in [-0.1, -0.05) is 44.5 Å². The lowest BCUT2D eigenvalue weighted by Crippen LogP contribution is -1.64. The van der Waals surface area contributed by atoms with Gasteiger partial charge in [-0.2, -0.15) is 0 Å². The van der Waals surface area contributed by atoms with E-state index in [-0.39, 0.29) is 0 Å². The van der Waals surface area contributed by atoms with E-state index in [1.807, 2.05) is 33.0 Å². The van der Waals surface area contributed by atoms with Crippen LogP contribution in [0.15, 0.2) is 42.6 Å². The molecule has 0 fully saturated rings. The topological polar surface area (TPSA) is 15.8 Å². The molecule has 1 heterocycles. The minimum absolute atomic E-state index is 1.11. The van der Waals surface area contributed by atoms with Crippen molar-refractivity contribution in [2.45, 2.75) is 48.0 Å². The number of allylic oxidation sites excluding steroid dienone is 1. The molecule has 0 aliphatic carbocycles. The van der Waals surface area contributed by atoms with Gasteiger partial charge in [-0.3, -0.25) is 0 Å². The van der Waals surface area contributed by atoms with Crippen LogP contribution in [0, 0.1) is 19.3 Å². The second-order valence-corrected chi connectivity index (χ2v) is 4.12. The number of aromatic amines is 1. The number of para-hydroxylation sites is 1. The summed E-state index contributed by atoms with van der Waals surface area (Å²) >= 11 is 0. The molecule has 1 aromatic carbocycles. The average Bonchev–Trinajstić information content (AvgIpc) is 2.85. The van der Waals surface area contributed by atoms with Crippen LogP contribution in [-0.2, 0) is 0 Å². The fraction of sp³-hybridized carbons (Fsp3) is 0.368. The van der Waals surface area contributed by atoms with Gasteiger partial charge in [0.05, 0.1) is 0 Å². The van der Waals surface area contributed by atoms with Crippen LogP contribution in [0.5, 0.6) is 0 Å². The molecule has 1 nitrogen and oxygen atoms in total. The third kappa shape index (κ3) is 9.05. The van der Waals surface area contributed by atoms with E-state index in [9.17, 15) is 0 Å². The maximum atomic E-state index is 4.60. The molecule has 1 aromatic heterocycles. The summed E-state index contributed by atoms with van der Waals surface area (Å²) in [5.41, 5.74) is 3.79. The minimum atomic E-state index is 1.11. The third-order valence-corrected chi connectivity index (χ3v) is 2.40. The molecular weight excluding hydrogens is 242 g/mol. The largest absolute Gasteiger partial charge is 0.361 e. The van der Waals surface area contributed by atoms with E-state index in [1.165, 1.54) is 22.0 Å². The van der Waals surface area contributed by atoms with Crippen LogP contribution in [0.1, 0.15) is 46.6 Å². The number of fused-ring (bicyclic) bond motifs is 1. The van der Waals surface area contributed by atoms with Gasteiger partial charge in [-0.25, -0.2) is 0 Å². The van der Waals surface area contributed by atoms with E-state index >= 15 is 0 Å². The van der Waals surface area contributed by atoms with Crippen molar-refractivity contribution in [1.82, 2.24) is 4.98 Å². The minimum Gasteiger partial charge on any atom is -0.361 e. The summed E-state index contributed by atoms with van der Waals surface area (Å²) < 4.78 is 0. The molecule has 110 valence electrons. The van der Waals surface area contributed by atoms with Gasteiger partial charge in [-0.05, 0) is 38.8 Å². The van der Waals surface area contributed by atoms with Crippen LogP contribution in [0.25, 0.3) is 10.9 Å². The summed E-state index contributed by atoms with van der Waals surface area (Å²) in [4.78, 5) is 3.19. The van der Waals surface area contributed by atoms with Gasteiger partial charge in [0.15, 0.2) is 0 Å². The first-order valence-electron chi connectivity index (χ1n) is 7.11. The number of hydrogen-bond acceptors (Lipinski definition) is 0. The van der Waals surface area contributed by atoms with E-state index < -0.39 is 0 Å². The highest BCUT2D eigenvalue weighted by Crippen LogP contribution is 2.15. The smallest absolute Gasteiger partial charge is 0.0456 e. The molecule has 0 spiro atoms. The van der Waals surface area contributed by atoms with Gasteiger partial charge < -0.3 is 4.98 Å². The van der Waals surface area contributed by atoms with Crippen molar-refractivity contribution in [3.63, 3.8) is 0 Å². The van der Waals surface area contributed by atoms with Crippen LogP contribution in [0.2, 0.25) is 0 Å². The lowest BCUT2D eigenvalue weighted by atomic mass is 10.2. The molecule has 0 bridgehead atoms. The van der Waals surface area contributed by atoms with E-state index in [2.05, 4.69) is 56.0 Å². The predicted molar refractivity (Wildman–Crippen MR) is 94.0 cm³/mol. The third-order valence-electron chi connectivity index (χ3n) is 2.40. The Kier molecular flexibility index (Phi) is 13.7. The fourth-order valence-electron chi connectivity index (χ4n) is 1.22. The first kappa shape index (κ1) is 20.4. The zero-order chi connectivity index (χ0) is 16.0. The van der Waals surface area contributed by atoms with Crippen molar-refractivity contribution in [1.29, 1.82) is 0 Å². The normalized spacial score (nSPS) is 7.85. The van der Waals surface area contributed by atoms with Crippen molar-refractivity contribution in [3.8, 4) is 12.3 Å². The van der Waals surface area contributed by atoms with Gasteiger partial charge in [0, 0.05) is 17.1 Å². The fourth-order valence-corrected chi connectivity index (χ4v) is 1.22. The Labute approximate surface area is 125 Å². The Morgan fingerprint density at radius 1 is 1.30 bits per heavy atom. The molecule has 0 saturated heterocycles. The molecule has 1 N–H and O–H groups in total. The van der Waals surface area contributed by atoms with Gasteiger partial charge >= 0.3 is 0 Å². The molecule has 0 aliphatic heterocycles. The van der Waals surface area contributed by atoms with E-state index in [1.54, 1.807) is 6.92 Å². The number of aryl methyl sites for hydroxylation is 1. The molecule has 0 unspecified atom stereocenters. The Morgan fingerprint density at radius 3 is 2.15 bits per heavy atom. The zero-order valence-electron chi connectivity index (χ0n) is 13.9. The molecule has 0 aliphatic rings. The van der Waals surface area contributed by atoms with Crippen molar-refractivity contribution in [2.24, 2.45) is 0 Å². The van der Waals surface area contributed by atoms with Crippen LogP contribution in [-0.4, -0.2) is 4.98 Å². The standard InChI is InChI=1S/C9H9N.C5H10.C3H4.C2H6/c1-7-6-10-9-5-3-2-4-8(7)9;1-4-5(2)3;1-3-2;1-2/h2-6,10H,1H3;2,4H2,1,3H3;1H,2H3;1-2H3. The number of hydrogen-bond donors (Lipinski definition) is 1. The number of H-pyrrole nitrogens is 1. The Morgan fingerprint density at radius 2 is 1.75 bits per heavy atom. The number of terminal acetylenes is 1.